The molecule has 0 unspecified atom stereocenters. The van der Waals surface area contributed by atoms with Crippen molar-refractivity contribution in [3.63, 3.8) is 0 Å². The van der Waals surface area contributed by atoms with Gasteiger partial charge >= 0.3 is 5.97 Å². The van der Waals surface area contributed by atoms with Gasteiger partial charge in [-0.05, 0) is 47.4 Å². The van der Waals surface area contributed by atoms with Crippen LogP contribution in [0.4, 0.5) is 10.1 Å². The molecule has 0 aromatic heterocycles. The summed E-state index contributed by atoms with van der Waals surface area (Å²) in [6, 6.07) is 11.7. The van der Waals surface area contributed by atoms with Gasteiger partial charge in [-0.1, -0.05) is 18.2 Å². The molecular weight excluding hydrogens is 285 g/mol. The van der Waals surface area contributed by atoms with Crippen LogP contribution in [0.5, 0.6) is 0 Å². The summed E-state index contributed by atoms with van der Waals surface area (Å²) < 4.78 is 13.0. The maximum absolute atomic E-state index is 13.0. The van der Waals surface area contributed by atoms with Crippen LogP contribution in [0.2, 0.25) is 0 Å². The second kappa shape index (κ2) is 5.60. The smallest absolute Gasteiger partial charge is 0.323 e. The van der Waals surface area contributed by atoms with E-state index in [-0.39, 0.29) is 18.3 Å². The van der Waals surface area contributed by atoms with Crippen LogP contribution in [0.15, 0.2) is 42.5 Å². The van der Waals surface area contributed by atoms with E-state index in [4.69, 9.17) is 5.11 Å². The van der Waals surface area contributed by atoms with Gasteiger partial charge in [-0.15, -0.1) is 0 Å². The lowest BCUT2D eigenvalue weighted by atomic mass is 9.96. The van der Waals surface area contributed by atoms with E-state index in [1.807, 2.05) is 12.1 Å². The fraction of sp³-hybridized carbons (Fsp3) is 0.176. The maximum Gasteiger partial charge on any atom is 0.323 e. The Balaban J connectivity index is 1.98. The number of hydrogen-bond acceptors (Lipinski definition) is 2. The molecule has 0 radical (unpaired) electrons. The summed E-state index contributed by atoms with van der Waals surface area (Å²) in [6.45, 7) is -0.332. The van der Waals surface area contributed by atoms with Crippen molar-refractivity contribution in [1.29, 1.82) is 0 Å². The fourth-order valence-corrected chi connectivity index (χ4v) is 2.69. The Kier molecular flexibility index (Phi) is 3.63. The summed E-state index contributed by atoms with van der Waals surface area (Å²) in [4.78, 5) is 24.1. The van der Waals surface area contributed by atoms with Crippen LogP contribution in [-0.4, -0.2) is 23.5 Å². The molecule has 2 aromatic rings. The number of rotatable bonds is 3. The topological polar surface area (TPSA) is 57.6 Å². The van der Waals surface area contributed by atoms with Gasteiger partial charge in [0.15, 0.2) is 0 Å². The van der Waals surface area contributed by atoms with Crippen molar-refractivity contribution < 1.29 is 19.1 Å². The Morgan fingerprint density at radius 3 is 2.45 bits per heavy atom. The number of anilines is 1. The average Bonchev–Trinajstić information content (AvgIpc) is 2.50. The monoisotopic (exact) mass is 299 g/mol. The SMILES string of the molecule is O=C(O)CN1C(=O)CCc2cc(-c3ccc(F)cc3)ccc21. The highest BCUT2D eigenvalue weighted by Gasteiger charge is 2.26. The summed E-state index contributed by atoms with van der Waals surface area (Å²) in [5.41, 5.74) is 3.38. The van der Waals surface area contributed by atoms with E-state index in [1.165, 1.54) is 17.0 Å². The second-order valence-electron chi connectivity index (χ2n) is 5.22. The minimum Gasteiger partial charge on any atom is -0.480 e. The lowest BCUT2D eigenvalue weighted by molar-refractivity contribution is -0.136. The number of carboxylic acid groups (broad SMARTS) is 1. The number of amides is 1. The van der Waals surface area contributed by atoms with E-state index < -0.39 is 5.97 Å². The number of benzene rings is 2. The molecule has 1 amide bonds. The molecule has 2 aromatic carbocycles. The van der Waals surface area contributed by atoms with Crippen molar-refractivity contribution in [2.24, 2.45) is 0 Å². The van der Waals surface area contributed by atoms with Crippen molar-refractivity contribution in [2.75, 3.05) is 11.4 Å². The normalized spacial score (nSPS) is 13.9. The Hall–Kier alpha value is -2.69. The molecule has 0 spiro atoms. The first-order valence-electron chi connectivity index (χ1n) is 6.95. The Morgan fingerprint density at radius 1 is 1.09 bits per heavy atom. The third kappa shape index (κ3) is 2.70. The first-order chi connectivity index (χ1) is 10.5. The molecule has 5 heteroatoms. The summed E-state index contributed by atoms with van der Waals surface area (Å²) in [7, 11) is 0. The van der Waals surface area contributed by atoms with Crippen LogP contribution in [0.25, 0.3) is 11.1 Å². The van der Waals surface area contributed by atoms with Crippen LogP contribution < -0.4 is 4.90 Å². The predicted molar refractivity (Wildman–Crippen MR) is 80.1 cm³/mol. The third-order valence-electron chi connectivity index (χ3n) is 3.75. The van der Waals surface area contributed by atoms with E-state index in [0.29, 0.717) is 18.5 Å². The number of nitrogens with zero attached hydrogens (tertiary/aromatic N) is 1. The van der Waals surface area contributed by atoms with Gasteiger partial charge < -0.3 is 10.0 Å². The number of carboxylic acids is 1. The van der Waals surface area contributed by atoms with Crippen molar-refractivity contribution in [3.8, 4) is 11.1 Å². The number of carbonyl (C=O) groups excluding carboxylic acids is 1. The molecular formula is C17H14FNO3. The van der Waals surface area contributed by atoms with E-state index in [0.717, 1.165) is 16.7 Å². The zero-order valence-electron chi connectivity index (χ0n) is 11.8. The van der Waals surface area contributed by atoms with Gasteiger partial charge in [0, 0.05) is 12.1 Å². The van der Waals surface area contributed by atoms with E-state index in [2.05, 4.69) is 0 Å². The van der Waals surface area contributed by atoms with Crippen LogP contribution in [-0.2, 0) is 16.0 Å². The minimum absolute atomic E-state index is 0.176. The molecule has 0 saturated heterocycles. The molecule has 0 saturated carbocycles. The van der Waals surface area contributed by atoms with Gasteiger partial charge in [0.1, 0.15) is 12.4 Å². The largest absolute Gasteiger partial charge is 0.480 e. The lowest BCUT2D eigenvalue weighted by Crippen LogP contribution is -2.38. The number of fused-ring (bicyclic) bond motifs is 1. The van der Waals surface area contributed by atoms with E-state index >= 15 is 0 Å². The highest BCUT2D eigenvalue weighted by molar-refractivity contribution is 6.00. The van der Waals surface area contributed by atoms with Gasteiger partial charge in [-0.25, -0.2) is 4.39 Å². The molecule has 1 heterocycles. The summed E-state index contributed by atoms with van der Waals surface area (Å²) in [5, 5.41) is 8.94. The molecule has 0 aliphatic carbocycles. The highest BCUT2D eigenvalue weighted by atomic mass is 19.1. The Labute approximate surface area is 126 Å². The fourth-order valence-electron chi connectivity index (χ4n) is 2.69. The molecule has 0 fully saturated rings. The average molecular weight is 299 g/mol. The molecule has 1 aliphatic heterocycles. The van der Waals surface area contributed by atoms with Gasteiger partial charge in [0.05, 0.1) is 0 Å². The lowest BCUT2D eigenvalue weighted by Gasteiger charge is -2.28. The number of aryl methyl sites for hydroxylation is 1. The van der Waals surface area contributed by atoms with Crippen LogP contribution >= 0.6 is 0 Å². The summed E-state index contributed by atoms with van der Waals surface area (Å²) >= 11 is 0. The molecule has 0 atom stereocenters. The maximum atomic E-state index is 13.0. The van der Waals surface area contributed by atoms with E-state index in [9.17, 15) is 14.0 Å². The quantitative estimate of drug-likeness (QED) is 0.948. The molecule has 4 nitrogen and oxygen atoms in total. The number of carbonyl (C=O) groups is 2. The number of hydrogen-bond donors (Lipinski definition) is 1. The number of aliphatic carboxylic acids is 1. The van der Waals surface area contributed by atoms with Crippen molar-refractivity contribution in [2.45, 2.75) is 12.8 Å². The van der Waals surface area contributed by atoms with Gasteiger partial charge in [-0.3, -0.25) is 9.59 Å². The van der Waals surface area contributed by atoms with Crippen LogP contribution in [0.1, 0.15) is 12.0 Å². The summed E-state index contributed by atoms with van der Waals surface area (Å²) in [5.74, 6) is -1.51. The molecule has 3 rings (SSSR count). The highest BCUT2D eigenvalue weighted by Crippen LogP contribution is 2.32. The zero-order valence-corrected chi connectivity index (χ0v) is 11.8. The summed E-state index contributed by atoms with van der Waals surface area (Å²) in [6.07, 6.45) is 0.881. The first-order valence-corrected chi connectivity index (χ1v) is 6.95. The predicted octanol–water partition coefficient (Wildman–Crippen LogP) is 2.86. The molecule has 0 bridgehead atoms. The molecule has 112 valence electrons. The third-order valence-corrected chi connectivity index (χ3v) is 3.75. The van der Waals surface area contributed by atoms with Crippen LogP contribution in [0.3, 0.4) is 0 Å². The van der Waals surface area contributed by atoms with Gasteiger partial charge in [0.2, 0.25) is 5.91 Å². The van der Waals surface area contributed by atoms with Crippen molar-refractivity contribution in [3.05, 3.63) is 53.8 Å². The molecule has 1 aliphatic rings. The van der Waals surface area contributed by atoms with Gasteiger partial charge in [0.25, 0.3) is 0 Å². The van der Waals surface area contributed by atoms with Gasteiger partial charge in [-0.2, -0.15) is 0 Å². The Morgan fingerprint density at radius 2 is 1.77 bits per heavy atom. The zero-order chi connectivity index (χ0) is 15.7. The standard InChI is InChI=1S/C17H14FNO3/c18-14-5-1-11(2-6-14)12-3-7-15-13(9-12)4-8-16(20)19(15)10-17(21)22/h1-3,5-7,9H,4,8,10H2,(H,21,22). The minimum atomic E-state index is -1.04. The van der Waals surface area contributed by atoms with Crippen LogP contribution in [0, 0.1) is 5.82 Å². The number of halogens is 1. The first kappa shape index (κ1) is 14.3. The van der Waals surface area contributed by atoms with E-state index in [1.54, 1.807) is 18.2 Å². The Bertz CT molecular complexity index is 740. The van der Waals surface area contributed by atoms with Crippen molar-refractivity contribution >= 4 is 17.6 Å². The van der Waals surface area contributed by atoms with Crippen molar-refractivity contribution in [1.82, 2.24) is 0 Å². The molecule has 1 N–H and O–H groups in total. The molecule has 22 heavy (non-hydrogen) atoms. The second-order valence-corrected chi connectivity index (χ2v) is 5.22.